The van der Waals surface area contributed by atoms with Gasteiger partial charge in [-0.3, -0.25) is 0 Å². The number of hydrogen-bond acceptors (Lipinski definition) is 8. The third kappa shape index (κ3) is 3.42. The molecule has 0 radical (unpaired) electrons. The van der Waals surface area contributed by atoms with Crippen LogP contribution in [0.5, 0.6) is 11.5 Å². The molecule has 0 atom stereocenters. The fraction of sp³-hybridized carbons (Fsp3) is 0. The van der Waals surface area contributed by atoms with Gasteiger partial charge in [0.05, 0.1) is 22.1 Å². The molecule has 0 aliphatic heterocycles. The number of nitrogen functional groups attached to an aromatic ring is 1. The Kier molecular flexibility index (Phi) is 4.72. The van der Waals surface area contributed by atoms with Crippen molar-refractivity contribution in [3.05, 3.63) is 78.4 Å². The fourth-order valence-electron chi connectivity index (χ4n) is 3.47. The van der Waals surface area contributed by atoms with Gasteiger partial charge in [0.2, 0.25) is 9.84 Å². The zero-order valence-corrected chi connectivity index (χ0v) is 17.8. The van der Waals surface area contributed by atoms with Crippen molar-refractivity contribution in [1.82, 2.24) is 14.6 Å². The van der Waals surface area contributed by atoms with E-state index in [0.29, 0.717) is 16.6 Å². The Morgan fingerprint density at radius 2 is 1.55 bits per heavy atom. The maximum absolute atomic E-state index is 13.5. The van der Waals surface area contributed by atoms with Crippen molar-refractivity contribution < 1.29 is 18.6 Å². The highest BCUT2D eigenvalue weighted by atomic mass is 32.2. The summed E-state index contributed by atoms with van der Waals surface area (Å²) in [6.45, 7) is 0. The Balaban J connectivity index is 1.79. The minimum Gasteiger partial charge on any atom is -0.504 e. The number of fused-ring (bicyclic) bond motifs is 2. The third-order valence-corrected chi connectivity index (χ3v) is 6.91. The molecule has 164 valence electrons. The van der Waals surface area contributed by atoms with E-state index in [1.807, 2.05) is 0 Å². The normalized spacial score (nSPS) is 12.1. The van der Waals surface area contributed by atoms with Gasteiger partial charge in [0, 0.05) is 0 Å². The zero-order valence-electron chi connectivity index (χ0n) is 17.0. The summed E-state index contributed by atoms with van der Waals surface area (Å²) >= 11 is 0. The number of hydrogen-bond donors (Lipinski definition) is 3. The molecule has 0 saturated carbocycles. The van der Waals surface area contributed by atoms with E-state index in [1.54, 1.807) is 42.5 Å². The minimum atomic E-state index is -4.03. The van der Waals surface area contributed by atoms with Crippen molar-refractivity contribution >= 4 is 44.1 Å². The molecule has 2 heterocycles. The van der Waals surface area contributed by atoms with Crippen LogP contribution in [0.15, 0.2) is 87.7 Å². The van der Waals surface area contributed by atoms with Crippen LogP contribution in [0.1, 0.15) is 5.56 Å². The van der Waals surface area contributed by atoms with Gasteiger partial charge >= 0.3 is 0 Å². The second kappa shape index (κ2) is 7.61. The Morgan fingerprint density at radius 3 is 2.24 bits per heavy atom. The van der Waals surface area contributed by atoms with E-state index in [-0.39, 0.29) is 38.3 Å². The summed E-state index contributed by atoms with van der Waals surface area (Å²) in [4.78, 5) is 8.99. The number of sulfone groups is 1. The van der Waals surface area contributed by atoms with Crippen LogP contribution in [-0.4, -0.2) is 39.5 Å². The summed E-state index contributed by atoms with van der Waals surface area (Å²) in [5.74, 6) is -0.738. The van der Waals surface area contributed by atoms with Crippen molar-refractivity contribution in [3.8, 4) is 11.5 Å². The zero-order chi connectivity index (χ0) is 23.2. The standard InChI is InChI=1S/C23H17N5O4S/c24-22-21(33(31,32)15-6-2-1-3-7-15)20-23(27-17-9-5-4-8-16(17)26-20)28(22)25-13-14-10-11-18(29)19(30)12-14/h1-13,29-30H,24H2/b25-13+. The molecule has 2 aromatic heterocycles. The first-order valence-electron chi connectivity index (χ1n) is 9.79. The number of rotatable bonds is 4. The van der Waals surface area contributed by atoms with Crippen molar-refractivity contribution in [2.45, 2.75) is 9.79 Å². The largest absolute Gasteiger partial charge is 0.504 e. The van der Waals surface area contributed by atoms with Gasteiger partial charge in [-0.2, -0.15) is 9.78 Å². The molecule has 5 rings (SSSR count). The molecule has 0 aliphatic carbocycles. The molecule has 3 aromatic carbocycles. The first kappa shape index (κ1) is 20.5. The minimum absolute atomic E-state index is 0.0677. The van der Waals surface area contributed by atoms with Crippen LogP contribution in [0.25, 0.3) is 22.2 Å². The smallest absolute Gasteiger partial charge is 0.212 e. The SMILES string of the molecule is Nc1c(S(=O)(=O)c2ccccc2)c2nc3ccccc3nc2n1/N=C/c1ccc(O)c(O)c1. The van der Waals surface area contributed by atoms with Crippen LogP contribution >= 0.6 is 0 Å². The Labute approximate surface area is 188 Å². The lowest BCUT2D eigenvalue weighted by atomic mass is 10.2. The maximum atomic E-state index is 13.5. The van der Waals surface area contributed by atoms with E-state index in [1.165, 1.54) is 41.2 Å². The van der Waals surface area contributed by atoms with Crippen LogP contribution in [-0.2, 0) is 9.84 Å². The van der Waals surface area contributed by atoms with E-state index < -0.39 is 9.84 Å². The average molecular weight is 459 g/mol. The molecule has 0 unspecified atom stereocenters. The Hall–Kier alpha value is -4.44. The van der Waals surface area contributed by atoms with Crippen molar-refractivity contribution in [1.29, 1.82) is 0 Å². The number of aromatic nitrogens is 3. The summed E-state index contributed by atoms with van der Waals surface area (Å²) in [7, 11) is -4.03. The van der Waals surface area contributed by atoms with Crippen LogP contribution in [0.2, 0.25) is 0 Å². The summed E-state index contributed by atoms with van der Waals surface area (Å²) in [5.41, 5.74) is 8.10. The topological polar surface area (TPSA) is 144 Å². The van der Waals surface area contributed by atoms with E-state index >= 15 is 0 Å². The molecule has 0 fully saturated rings. The van der Waals surface area contributed by atoms with Gasteiger partial charge < -0.3 is 15.9 Å². The lowest BCUT2D eigenvalue weighted by molar-refractivity contribution is 0.403. The highest BCUT2D eigenvalue weighted by molar-refractivity contribution is 7.92. The van der Waals surface area contributed by atoms with E-state index in [2.05, 4.69) is 15.1 Å². The molecular weight excluding hydrogens is 442 g/mol. The van der Waals surface area contributed by atoms with Crippen LogP contribution in [0.3, 0.4) is 0 Å². The number of para-hydroxylation sites is 2. The van der Waals surface area contributed by atoms with Crippen LogP contribution < -0.4 is 5.73 Å². The summed E-state index contributed by atoms with van der Waals surface area (Å²) in [5, 5.41) is 23.6. The third-order valence-electron chi connectivity index (χ3n) is 5.07. The Bertz CT molecular complexity index is 1660. The van der Waals surface area contributed by atoms with Crippen molar-refractivity contribution in [2.24, 2.45) is 5.10 Å². The summed E-state index contributed by atoms with van der Waals surface area (Å²) < 4.78 is 28.2. The second-order valence-electron chi connectivity index (χ2n) is 7.22. The first-order valence-corrected chi connectivity index (χ1v) is 11.3. The molecule has 0 saturated heterocycles. The molecule has 0 bridgehead atoms. The van der Waals surface area contributed by atoms with E-state index in [4.69, 9.17) is 5.73 Å². The molecule has 10 heteroatoms. The van der Waals surface area contributed by atoms with Crippen molar-refractivity contribution in [3.63, 3.8) is 0 Å². The molecule has 4 N–H and O–H groups in total. The van der Waals surface area contributed by atoms with E-state index in [9.17, 15) is 18.6 Å². The monoisotopic (exact) mass is 459 g/mol. The Morgan fingerprint density at radius 1 is 0.879 bits per heavy atom. The van der Waals surface area contributed by atoms with Crippen LogP contribution in [0.4, 0.5) is 5.82 Å². The van der Waals surface area contributed by atoms with Gasteiger partial charge in [-0.25, -0.2) is 18.4 Å². The summed E-state index contributed by atoms with van der Waals surface area (Å²) in [6.07, 6.45) is 1.37. The highest BCUT2D eigenvalue weighted by Gasteiger charge is 2.30. The highest BCUT2D eigenvalue weighted by Crippen LogP contribution is 2.35. The lowest BCUT2D eigenvalue weighted by Crippen LogP contribution is -2.06. The van der Waals surface area contributed by atoms with E-state index in [0.717, 1.165) is 0 Å². The van der Waals surface area contributed by atoms with Gasteiger partial charge in [0.15, 0.2) is 17.1 Å². The first-order chi connectivity index (χ1) is 15.9. The van der Waals surface area contributed by atoms with Gasteiger partial charge in [0.25, 0.3) is 0 Å². The lowest BCUT2D eigenvalue weighted by Gasteiger charge is -2.04. The predicted molar refractivity (Wildman–Crippen MR) is 124 cm³/mol. The van der Waals surface area contributed by atoms with Crippen molar-refractivity contribution in [2.75, 3.05) is 5.73 Å². The van der Waals surface area contributed by atoms with Gasteiger partial charge in [-0.1, -0.05) is 30.3 Å². The second-order valence-corrected chi connectivity index (χ2v) is 9.11. The van der Waals surface area contributed by atoms with Crippen LogP contribution in [0, 0.1) is 0 Å². The maximum Gasteiger partial charge on any atom is 0.212 e. The number of aromatic hydroxyl groups is 2. The molecule has 0 spiro atoms. The average Bonchev–Trinajstić information content (AvgIpc) is 3.09. The predicted octanol–water partition coefficient (Wildman–Crippen LogP) is 3.29. The molecular formula is C23H17N5O4S. The number of phenols is 2. The molecule has 0 amide bonds. The number of nitrogens with two attached hydrogens (primary N) is 1. The number of benzene rings is 3. The van der Waals surface area contributed by atoms with Gasteiger partial charge in [0.1, 0.15) is 16.2 Å². The molecule has 9 nitrogen and oxygen atoms in total. The number of nitrogens with zero attached hydrogens (tertiary/aromatic N) is 4. The fourth-order valence-corrected chi connectivity index (χ4v) is 4.97. The van der Waals surface area contributed by atoms with Gasteiger partial charge in [-0.15, -0.1) is 0 Å². The van der Waals surface area contributed by atoms with Gasteiger partial charge in [-0.05, 0) is 48.0 Å². The summed E-state index contributed by atoms with van der Waals surface area (Å²) in [6, 6.07) is 19.1. The quantitative estimate of drug-likeness (QED) is 0.276. The number of phenolic OH excluding ortho intramolecular Hbond substituents is 2. The molecule has 0 aliphatic rings. The molecule has 5 aromatic rings. The number of anilines is 1. The molecule has 33 heavy (non-hydrogen) atoms.